The molecule has 0 aliphatic heterocycles. The molecule has 0 aromatic heterocycles. The minimum atomic E-state index is -4.05. The number of carbonyl (C=O) groups excluding carboxylic acids is 2. The van der Waals surface area contributed by atoms with Crippen LogP contribution in [0.2, 0.25) is 0 Å². The van der Waals surface area contributed by atoms with Gasteiger partial charge >= 0.3 is 0 Å². The lowest BCUT2D eigenvalue weighted by Crippen LogP contribution is -2.21. The highest BCUT2D eigenvalue weighted by atomic mass is 32.2. The number of benzene rings is 2. The van der Waals surface area contributed by atoms with E-state index < -0.39 is 22.6 Å². The summed E-state index contributed by atoms with van der Waals surface area (Å²) in [5.74, 6) is -1.31. The van der Waals surface area contributed by atoms with Gasteiger partial charge in [0.2, 0.25) is 0 Å². The molecule has 1 amide bonds. The Morgan fingerprint density at radius 3 is 2.32 bits per heavy atom. The largest absolute Gasteiger partial charge is 0.507 e. The van der Waals surface area contributed by atoms with Crippen molar-refractivity contribution in [1.29, 1.82) is 0 Å². The number of hydrogen-bond donors (Lipinski definition) is 2. The number of ketones is 1. The van der Waals surface area contributed by atoms with Crippen molar-refractivity contribution in [2.24, 2.45) is 0 Å². The van der Waals surface area contributed by atoms with Gasteiger partial charge in [-0.2, -0.15) is 8.42 Å². The van der Waals surface area contributed by atoms with E-state index >= 15 is 0 Å². The number of nitrogens with one attached hydrogen (secondary N) is 1. The maximum Gasteiger partial charge on any atom is 0.297 e. The third kappa shape index (κ3) is 4.88. The molecular formula is C17H17NO6S. The molecule has 0 bridgehead atoms. The van der Waals surface area contributed by atoms with Gasteiger partial charge in [-0.1, -0.05) is 17.7 Å². The molecular weight excluding hydrogens is 346 g/mol. The number of anilines is 1. The predicted octanol–water partition coefficient (Wildman–Crippen LogP) is 2.25. The van der Waals surface area contributed by atoms with Gasteiger partial charge in [0.25, 0.3) is 16.0 Å². The van der Waals surface area contributed by atoms with Crippen LogP contribution in [0.5, 0.6) is 5.75 Å². The van der Waals surface area contributed by atoms with Crippen molar-refractivity contribution in [2.45, 2.75) is 18.7 Å². The first-order valence-electron chi connectivity index (χ1n) is 7.29. The van der Waals surface area contributed by atoms with Crippen molar-refractivity contribution in [2.75, 3.05) is 11.9 Å². The molecule has 0 saturated carbocycles. The Labute approximate surface area is 145 Å². The summed E-state index contributed by atoms with van der Waals surface area (Å²) in [5, 5.41) is 12.1. The SMILES string of the molecule is CC(=O)c1ccc(NC(=O)COS(=O)(=O)c2ccc(C)cc2)cc1O. The zero-order chi connectivity index (χ0) is 18.6. The van der Waals surface area contributed by atoms with Gasteiger partial charge in [-0.3, -0.25) is 13.8 Å². The molecule has 2 aromatic rings. The van der Waals surface area contributed by atoms with E-state index in [1.54, 1.807) is 12.1 Å². The minimum absolute atomic E-state index is 0.0469. The molecule has 0 atom stereocenters. The van der Waals surface area contributed by atoms with E-state index in [1.165, 1.54) is 37.3 Å². The summed E-state index contributed by atoms with van der Waals surface area (Å²) < 4.78 is 28.7. The second-order valence-electron chi connectivity index (χ2n) is 5.37. The average Bonchev–Trinajstić information content (AvgIpc) is 2.53. The van der Waals surface area contributed by atoms with Crippen LogP contribution >= 0.6 is 0 Å². The Morgan fingerprint density at radius 1 is 1.12 bits per heavy atom. The standard InChI is InChI=1S/C17H17NO6S/c1-11-3-6-14(7-4-11)25(22,23)24-10-17(21)18-13-5-8-15(12(2)19)16(20)9-13/h3-9,20H,10H2,1-2H3,(H,18,21). The van der Waals surface area contributed by atoms with E-state index in [4.69, 9.17) is 4.18 Å². The van der Waals surface area contributed by atoms with Crippen molar-refractivity contribution < 1.29 is 27.3 Å². The van der Waals surface area contributed by atoms with Crippen molar-refractivity contribution in [1.82, 2.24) is 0 Å². The van der Waals surface area contributed by atoms with E-state index in [9.17, 15) is 23.1 Å². The first-order valence-corrected chi connectivity index (χ1v) is 8.70. The van der Waals surface area contributed by atoms with Crippen molar-refractivity contribution in [3.05, 3.63) is 53.6 Å². The number of amides is 1. The summed E-state index contributed by atoms with van der Waals surface area (Å²) in [6.45, 7) is 2.40. The number of phenolic OH excluding ortho intramolecular Hbond substituents is 1. The molecule has 7 nitrogen and oxygen atoms in total. The molecule has 2 N–H and O–H groups in total. The number of carbonyl (C=O) groups is 2. The molecule has 0 radical (unpaired) electrons. The van der Waals surface area contributed by atoms with Crippen LogP contribution < -0.4 is 5.32 Å². The molecule has 0 heterocycles. The Morgan fingerprint density at radius 2 is 1.76 bits per heavy atom. The smallest absolute Gasteiger partial charge is 0.297 e. The van der Waals surface area contributed by atoms with Gasteiger partial charge in [-0.15, -0.1) is 0 Å². The molecule has 8 heteroatoms. The molecule has 0 spiro atoms. The fraction of sp³-hybridized carbons (Fsp3) is 0.176. The second kappa shape index (κ2) is 7.45. The average molecular weight is 363 g/mol. The first kappa shape index (κ1) is 18.6. The molecule has 2 rings (SSSR count). The van der Waals surface area contributed by atoms with Gasteiger partial charge in [0.1, 0.15) is 12.4 Å². The Hall–Kier alpha value is -2.71. The fourth-order valence-electron chi connectivity index (χ4n) is 2.01. The summed E-state index contributed by atoms with van der Waals surface area (Å²) in [6.07, 6.45) is 0. The summed E-state index contributed by atoms with van der Waals surface area (Å²) in [6, 6.07) is 10.00. The Bertz CT molecular complexity index is 903. The van der Waals surface area contributed by atoms with Crippen molar-refractivity contribution in [3.63, 3.8) is 0 Å². The van der Waals surface area contributed by atoms with Crippen LogP contribution in [0, 0.1) is 6.92 Å². The molecule has 25 heavy (non-hydrogen) atoms. The second-order valence-corrected chi connectivity index (χ2v) is 6.98. The number of rotatable bonds is 6. The lowest BCUT2D eigenvalue weighted by Gasteiger charge is -2.08. The number of Topliss-reactive ketones (excluding diaryl/α,β-unsaturated/α-hetero) is 1. The van der Waals surface area contributed by atoms with Gasteiger partial charge < -0.3 is 10.4 Å². The van der Waals surface area contributed by atoms with Crippen LogP contribution in [0.3, 0.4) is 0 Å². The van der Waals surface area contributed by atoms with Crippen LogP contribution in [0.4, 0.5) is 5.69 Å². The van der Waals surface area contributed by atoms with E-state index in [1.807, 2.05) is 6.92 Å². The minimum Gasteiger partial charge on any atom is -0.507 e. The van der Waals surface area contributed by atoms with E-state index in [0.717, 1.165) is 5.56 Å². The number of aryl methyl sites for hydroxylation is 1. The number of hydrogen-bond acceptors (Lipinski definition) is 6. The highest BCUT2D eigenvalue weighted by molar-refractivity contribution is 7.86. The maximum absolute atomic E-state index is 12.0. The normalized spacial score (nSPS) is 11.1. The third-order valence-electron chi connectivity index (χ3n) is 3.32. The highest BCUT2D eigenvalue weighted by Gasteiger charge is 2.17. The van der Waals surface area contributed by atoms with E-state index in [-0.39, 0.29) is 27.7 Å². The summed E-state index contributed by atoms with van der Waals surface area (Å²) in [5.41, 5.74) is 1.23. The summed E-state index contributed by atoms with van der Waals surface area (Å²) in [4.78, 5) is 23.0. The lowest BCUT2D eigenvalue weighted by molar-refractivity contribution is -0.118. The highest BCUT2D eigenvalue weighted by Crippen LogP contribution is 2.22. The van der Waals surface area contributed by atoms with Crippen LogP contribution in [0.25, 0.3) is 0 Å². The summed E-state index contributed by atoms with van der Waals surface area (Å²) in [7, 11) is -4.05. The zero-order valence-electron chi connectivity index (χ0n) is 13.6. The van der Waals surface area contributed by atoms with Crippen molar-refractivity contribution >= 4 is 27.5 Å². The van der Waals surface area contributed by atoms with E-state index in [2.05, 4.69) is 5.32 Å². The summed E-state index contributed by atoms with van der Waals surface area (Å²) >= 11 is 0. The lowest BCUT2D eigenvalue weighted by atomic mass is 10.1. The van der Waals surface area contributed by atoms with Crippen LogP contribution in [-0.4, -0.2) is 31.8 Å². The Balaban J connectivity index is 2.00. The quantitative estimate of drug-likeness (QED) is 0.602. The third-order valence-corrected chi connectivity index (χ3v) is 4.59. The van der Waals surface area contributed by atoms with Gasteiger partial charge in [0.05, 0.1) is 10.5 Å². The van der Waals surface area contributed by atoms with Gasteiger partial charge in [0.15, 0.2) is 5.78 Å². The van der Waals surface area contributed by atoms with Crippen molar-refractivity contribution in [3.8, 4) is 5.75 Å². The predicted molar refractivity (Wildman–Crippen MR) is 91.1 cm³/mol. The van der Waals surface area contributed by atoms with Gasteiger partial charge in [0, 0.05) is 11.8 Å². The molecule has 0 saturated heterocycles. The molecule has 0 fully saturated rings. The van der Waals surface area contributed by atoms with E-state index in [0.29, 0.717) is 0 Å². The number of aromatic hydroxyl groups is 1. The topological polar surface area (TPSA) is 110 Å². The maximum atomic E-state index is 12.0. The van der Waals surface area contributed by atoms with Gasteiger partial charge in [-0.05, 0) is 38.1 Å². The van der Waals surface area contributed by atoms with Crippen LogP contribution in [0.1, 0.15) is 22.8 Å². The zero-order valence-corrected chi connectivity index (χ0v) is 14.5. The number of phenols is 1. The van der Waals surface area contributed by atoms with Crippen LogP contribution in [-0.2, 0) is 19.1 Å². The molecule has 0 unspecified atom stereocenters. The Kier molecular flexibility index (Phi) is 5.55. The first-order chi connectivity index (χ1) is 11.7. The molecule has 2 aromatic carbocycles. The molecule has 0 aliphatic rings. The fourth-order valence-corrected chi connectivity index (χ4v) is 2.88. The van der Waals surface area contributed by atoms with Gasteiger partial charge in [-0.25, -0.2) is 0 Å². The van der Waals surface area contributed by atoms with Crippen LogP contribution in [0.15, 0.2) is 47.4 Å². The molecule has 132 valence electrons. The molecule has 0 aliphatic carbocycles. The monoisotopic (exact) mass is 363 g/mol.